The van der Waals surface area contributed by atoms with Gasteiger partial charge in [-0.2, -0.15) is 22.2 Å². The Morgan fingerprint density at radius 3 is 2.37 bits per heavy atom. The molecule has 0 spiro atoms. The van der Waals surface area contributed by atoms with Crippen LogP contribution in [0.25, 0.3) is 16.6 Å². The molecule has 1 heterocycles. The zero-order chi connectivity index (χ0) is 21.0. The number of carbonyl (C=O) groups excluding carboxylic acids is 1. The van der Waals surface area contributed by atoms with Gasteiger partial charge >= 0.3 is 17.1 Å². The van der Waals surface area contributed by atoms with E-state index >= 15 is 0 Å². The normalized spacial score (nSPS) is 13.6. The fraction of sp³-hybridized carbons (Fsp3) is 0.261. The van der Waals surface area contributed by atoms with Crippen LogP contribution in [-0.4, -0.2) is 22.0 Å². The van der Waals surface area contributed by atoms with Gasteiger partial charge in [-0.25, -0.2) is 8.78 Å². The maximum absolute atomic E-state index is 11.0. The fourth-order valence-corrected chi connectivity index (χ4v) is 2.98. The van der Waals surface area contributed by atoms with Crippen molar-refractivity contribution in [2.24, 2.45) is 0 Å². The Kier molecular flexibility index (Phi) is 7.66. The Bertz CT molecular complexity index is 1090. The fourth-order valence-electron chi connectivity index (χ4n) is 2.98. The smallest absolute Gasteiger partial charge is 0.536 e. The minimum Gasteiger partial charge on any atom is -0.536 e. The average molecular weight is 446 g/mol. The zero-order valence-corrected chi connectivity index (χ0v) is 17.7. The van der Waals surface area contributed by atoms with Crippen LogP contribution in [0.1, 0.15) is 49.3 Å². The number of benzene rings is 2. The van der Waals surface area contributed by atoms with E-state index in [-0.39, 0.29) is 17.1 Å². The van der Waals surface area contributed by atoms with Gasteiger partial charge < -0.3 is 4.79 Å². The zero-order valence-electron chi connectivity index (χ0n) is 16.5. The van der Waals surface area contributed by atoms with Gasteiger partial charge in [0.1, 0.15) is 0 Å². The van der Waals surface area contributed by atoms with Gasteiger partial charge in [0.25, 0.3) is 0 Å². The second-order valence-electron chi connectivity index (χ2n) is 6.93. The Labute approximate surface area is 184 Å². The van der Waals surface area contributed by atoms with Crippen molar-refractivity contribution in [3.63, 3.8) is 0 Å². The summed E-state index contributed by atoms with van der Waals surface area (Å²) in [5.41, 5.74) is 5.10. The van der Waals surface area contributed by atoms with Gasteiger partial charge in [0.15, 0.2) is 5.92 Å². The SMILES string of the molecule is CC(F)(F)[C-]=O.C[C-]=C(c1ccc(C2CC2)cc1)n1ncc2cc(C#N)ccc21.[Mn+2]. The number of hydrogen-bond acceptors (Lipinski definition) is 3. The van der Waals surface area contributed by atoms with E-state index in [1.807, 2.05) is 29.8 Å². The van der Waals surface area contributed by atoms with E-state index in [0.717, 1.165) is 28.1 Å². The third-order valence-corrected chi connectivity index (χ3v) is 4.56. The van der Waals surface area contributed by atoms with E-state index in [9.17, 15) is 8.78 Å². The molecular formula is C23H19F2MnN3O. The van der Waals surface area contributed by atoms with Crippen LogP contribution in [-0.2, 0) is 21.9 Å². The molecule has 2 aromatic carbocycles. The molecule has 30 heavy (non-hydrogen) atoms. The standard InChI is InChI=1S/C20H16N3.C3H3F2O.Mn/c1-2-19(17-8-6-16(7-9-17)15-4-5-15)23-20-10-3-14(12-21)11-18(20)13-22-23;1-3(4,5)2-6;/h3,6-11,13,15H,4-5H2,1H3;1H3;/q2*-1;+2. The molecule has 3 aromatic rings. The van der Waals surface area contributed by atoms with Gasteiger partial charge in [-0.15, -0.1) is 24.8 Å². The largest absolute Gasteiger partial charge is 2.00 e. The van der Waals surface area contributed by atoms with Gasteiger partial charge in [-0.05, 0) is 49.4 Å². The third-order valence-electron chi connectivity index (χ3n) is 4.56. The van der Waals surface area contributed by atoms with Crippen molar-refractivity contribution in [2.75, 3.05) is 0 Å². The minimum absolute atomic E-state index is 0. The van der Waals surface area contributed by atoms with Crippen LogP contribution in [0.15, 0.2) is 48.7 Å². The number of halogens is 2. The number of rotatable bonds is 4. The molecule has 0 saturated heterocycles. The number of allylic oxidation sites excluding steroid dienone is 1. The van der Waals surface area contributed by atoms with Gasteiger partial charge in [-0.3, -0.25) is 10.8 Å². The molecule has 4 nitrogen and oxygen atoms in total. The summed E-state index contributed by atoms with van der Waals surface area (Å²) in [5.74, 6) is -2.50. The maximum Gasteiger partial charge on any atom is 2.00 e. The minimum atomic E-state index is -3.26. The first-order valence-corrected chi connectivity index (χ1v) is 9.16. The summed E-state index contributed by atoms with van der Waals surface area (Å²) in [6, 6.07) is 16.5. The predicted molar refractivity (Wildman–Crippen MR) is 107 cm³/mol. The van der Waals surface area contributed by atoms with E-state index in [2.05, 4.69) is 41.5 Å². The van der Waals surface area contributed by atoms with Crippen molar-refractivity contribution >= 4 is 22.9 Å². The molecule has 1 aliphatic carbocycles. The molecule has 0 amide bonds. The summed E-state index contributed by atoms with van der Waals surface area (Å²) in [6.45, 7) is 2.39. The third kappa shape index (κ3) is 5.62. The summed E-state index contributed by atoms with van der Waals surface area (Å²) < 4.78 is 23.9. The molecule has 0 aliphatic heterocycles. The van der Waals surface area contributed by atoms with Crippen LogP contribution in [0.4, 0.5) is 8.78 Å². The number of nitrogens with zero attached hydrogens (tertiary/aromatic N) is 3. The van der Waals surface area contributed by atoms with Gasteiger partial charge in [0.2, 0.25) is 0 Å². The molecule has 7 heteroatoms. The van der Waals surface area contributed by atoms with Crippen molar-refractivity contribution < 1.29 is 30.6 Å². The number of aromatic nitrogens is 2. The summed E-state index contributed by atoms with van der Waals surface area (Å²) in [4.78, 5) is 8.95. The molecule has 1 radical (unpaired) electrons. The second kappa shape index (κ2) is 9.79. The molecule has 153 valence electrons. The van der Waals surface area contributed by atoms with Crippen molar-refractivity contribution in [1.82, 2.24) is 9.78 Å². The molecule has 0 unspecified atom stereocenters. The van der Waals surface area contributed by atoms with Crippen molar-refractivity contribution in [1.29, 1.82) is 5.26 Å². The summed E-state index contributed by atoms with van der Waals surface area (Å²) >= 11 is 0. The molecule has 1 fully saturated rings. The van der Waals surface area contributed by atoms with Crippen molar-refractivity contribution in [2.45, 2.75) is 38.5 Å². The number of fused-ring (bicyclic) bond motifs is 1. The van der Waals surface area contributed by atoms with Gasteiger partial charge in [0.05, 0.1) is 23.3 Å². The monoisotopic (exact) mass is 446 g/mol. The van der Waals surface area contributed by atoms with E-state index < -0.39 is 5.92 Å². The molecule has 0 bridgehead atoms. The first-order chi connectivity index (χ1) is 13.9. The first-order valence-electron chi connectivity index (χ1n) is 9.16. The predicted octanol–water partition coefficient (Wildman–Crippen LogP) is 5.25. The summed E-state index contributed by atoms with van der Waals surface area (Å²) in [6.07, 6.45) is 8.20. The molecule has 4 rings (SSSR count). The van der Waals surface area contributed by atoms with Crippen LogP contribution in [0.3, 0.4) is 0 Å². The van der Waals surface area contributed by atoms with E-state index in [4.69, 9.17) is 10.1 Å². The average Bonchev–Trinajstić information content (AvgIpc) is 3.49. The Balaban J connectivity index is 0.000000405. The quantitative estimate of drug-likeness (QED) is 0.407. The number of nitriles is 1. The maximum atomic E-state index is 11.0. The number of hydrogen-bond donors (Lipinski definition) is 0. The number of alkyl halides is 2. The van der Waals surface area contributed by atoms with E-state index in [1.165, 1.54) is 18.4 Å². The van der Waals surface area contributed by atoms with Gasteiger partial charge in [-0.1, -0.05) is 12.1 Å². The molecular weight excluding hydrogens is 427 g/mol. The molecule has 0 atom stereocenters. The summed E-state index contributed by atoms with van der Waals surface area (Å²) in [7, 11) is 0. The molecule has 1 aliphatic rings. The van der Waals surface area contributed by atoms with Crippen LogP contribution >= 0.6 is 0 Å². The van der Waals surface area contributed by atoms with E-state index in [1.54, 1.807) is 6.20 Å². The van der Waals surface area contributed by atoms with Crippen LogP contribution in [0.5, 0.6) is 0 Å². The van der Waals surface area contributed by atoms with Crippen LogP contribution < -0.4 is 0 Å². The summed E-state index contributed by atoms with van der Waals surface area (Å²) in [5, 5.41) is 14.5. The molecule has 0 N–H and O–H groups in total. The Morgan fingerprint density at radius 2 is 1.87 bits per heavy atom. The molecule has 1 saturated carbocycles. The first kappa shape index (κ1) is 23.5. The molecule has 1 aromatic heterocycles. The van der Waals surface area contributed by atoms with E-state index in [0.29, 0.717) is 18.8 Å². The van der Waals surface area contributed by atoms with Crippen LogP contribution in [0.2, 0.25) is 0 Å². The van der Waals surface area contributed by atoms with Crippen molar-refractivity contribution in [3.8, 4) is 6.07 Å². The topological polar surface area (TPSA) is 58.7 Å². The Hall–Kier alpha value is -2.81. The van der Waals surface area contributed by atoms with Gasteiger partial charge in [0, 0.05) is 5.39 Å². The Morgan fingerprint density at radius 1 is 1.23 bits per heavy atom. The second-order valence-corrected chi connectivity index (χ2v) is 6.93. The van der Waals surface area contributed by atoms with Crippen LogP contribution in [0, 0.1) is 17.4 Å². The van der Waals surface area contributed by atoms with Crippen molar-refractivity contribution in [3.05, 3.63) is 71.4 Å².